The fourth-order valence-corrected chi connectivity index (χ4v) is 3.43. The van der Waals surface area contributed by atoms with Crippen LogP contribution in [-0.2, 0) is 9.84 Å². The highest BCUT2D eigenvalue weighted by atomic mass is 79.9. The van der Waals surface area contributed by atoms with Crippen LogP contribution in [0, 0.1) is 0 Å². The first-order valence-electron chi connectivity index (χ1n) is 5.23. The summed E-state index contributed by atoms with van der Waals surface area (Å²) < 4.78 is 24.2. The Morgan fingerprint density at radius 2 is 1.88 bits per heavy atom. The quantitative estimate of drug-likeness (QED) is 0.842. The topological polar surface area (TPSA) is 37.4 Å². The van der Waals surface area contributed by atoms with E-state index < -0.39 is 9.84 Å². The Kier molecular flexibility index (Phi) is 3.26. The van der Waals surface area contributed by atoms with Gasteiger partial charge in [-0.2, -0.15) is 0 Å². The van der Waals surface area contributed by atoms with E-state index in [2.05, 4.69) is 20.8 Å². The molecule has 0 N–H and O–H groups in total. The van der Waals surface area contributed by atoms with E-state index >= 15 is 0 Å². The molecule has 1 aromatic carbocycles. The van der Waals surface area contributed by atoms with Crippen molar-refractivity contribution < 1.29 is 8.42 Å². The standard InChI is InChI=1S/C11H14BrNO2S/c1-16(14,15)11-8-9(12)4-5-10(11)13-6-2-3-7-13/h4-5,8H,2-3,6-7H2,1H3. The third kappa shape index (κ3) is 2.40. The van der Waals surface area contributed by atoms with Crippen LogP contribution >= 0.6 is 15.9 Å². The van der Waals surface area contributed by atoms with E-state index in [9.17, 15) is 8.42 Å². The minimum absolute atomic E-state index is 0.420. The Balaban J connectivity index is 2.52. The van der Waals surface area contributed by atoms with E-state index in [0.29, 0.717) is 4.90 Å². The summed E-state index contributed by atoms with van der Waals surface area (Å²) in [4.78, 5) is 2.56. The average molecular weight is 304 g/mol. The first-order chi connectivity index (χ1) is 7.48. The van der Waals surface area contributed by atoms with E-state index in [1.165, 1.54) is 6.26 Å². The fraction of sp³-hybridized carbons (Fsp3) is 0.455. The minimum Gasteiger partial charge on any atom is -0.370 e. The van der Waals surface area contributed by atoms with E-state index in [0.717, 1.165) is 36.1 Å². The molecule has 88 valence electrons. The molecule has 0 spiro atoms. The third-order valence-corrected chi connectivity index (χ3v) is 4.39. The smallest absolute Gasteiger partial charge is 0.177 e. The normalized spacial score (nSPS) is 16.8. The van der Waals surface area contributed by atoms with Gasteiger partial charge in [0.15, 0.2) is 9.84 Å². The van der Waals surface area contributed by atoms with Gasteiger partial charge in [-0.3, -0.25) is 0 Å². The van der Waals surface area contributed by atoms with Gasteiger partial charge in [0.1, 0.15) is 0 Å². The summed E-state index contributed by atoms with van der Waals surface area (Å²) in [6.07, 6.45) is 3.53. The molecule has 0 saturated carbocycles. The molecular weight excluding hydrogens is 290 g/mol. The molecule has 0 unspecified atom stereocenters. The van der Waals surface area contributed by atoms with E-state index in [1.54, 1.807) is 6.07 Å². The lowest BCUT2D eigenvalue weighted by Crippen LogP contribution is -2.20. The molecule has 1 aliphatic heterocycles. The number of benzene rings is 1. The van der Waals surface area contributed by atoms with Gasteiger partial charge in [-0.05, 0) is 31.0 Å². The average Bonchev–Trinajstić information content (AvgIpc) is 2.69. The molecule has 3 nitrogen and oxygen atoms in total. The van der Waals surface area contributed by atoms with Gasteiger partial charge in [-0.25, -0.2) is 8.42 Å². The van der Waals surface area contributed by atoms with Crippen molar-refractivity contribution in [2.24, 2.45) is 0 Å². The Bertz CT molecular complexity index is 493. The van der Waals surface area contributed by atoms with Gasteiger partial charge in [0.05, 0.1) is 10.6 Å². The highest BCUT2D eigenvalue weighted by Gasteiger charge is 2.20. The molecule has 1 aliphatic rings. The summed E-state index contributed by atoms with van der Waals surface area (Å²) in [6.45, 7) is 1.90. The Morgan fingerprint density at radius 3 is 2.44 bits per heavy atom. The monoisotopic (exact) mass is 303 g/mol. The molecule has 0 atom stereocenters. The fourth-order valence-electron chi connectivity index (χ4n) is 2.00. The summed E-state index contributed by atoms with van der Waals surface area (Å²) in [5.41, 5.74) is 0.836. The second-order valence-electron chi connectivity index (χ2n) is 4.08. The van der Waals surface area contributed by atoms with Crippen LogP contribution in [-0.4, -0.2) is 27.8 Å². The molecule has 1 fully saturated rings. The maximum atomic E-state index is 11.7. The Hall–Kier alpha value is -0.550. The molecule has 0 bridgehead atoms. The van der Waals surface area contributed by atoms with E-state index in [1.807, 2.05) is 12.1 Å². The zero-order valence-electron chi connectivity index (χ0n) is 9.11. The van der Waals surface area contributed by atoms with Crippen LogP contribution in [0.5, 0.6) is 0 Å². The number of anilines is 1. The van der Waals surface area contributed by atoms with Crippen molar-refractivity contribution >= 4 is 31.5 Å². The number of rotatable bonds is 2. The predicted octanol–water partition coefficient (Wildman–Crippen LogP) is 2.45. The van der Waals surface area contributed by atoms with Crippen molar-refractivity contribution in [1.82, 2.24) is 0 Å². The molecule has 1 aromatic rings. The lowest BCUT2D eigenvalue weighted by molar-refractivity contribution is 0.601. The summed E-state index contributed by atoms with van der Waals surface area (Å²) in [6, 6.07) is 5.46. The van der Waals surface area contributed by atoms with Crippen LogP contribution in [0.2, 0.25) is 0 Å². The molecule has 0 radical (unpaired) electrons. The lowest BCUT2D eigenvalue weighted by Gasteiger charge is -2.20. The zero-order chi connectivity index (χ0) is 11.8. The van der Waals surface area contributed by atoms with Gasteiger partial charge in [-0.15, -0.1) is 0 Å². The van der Waals surface area contributed by atoms with Crippen molar-refractivity contribution in [3.05, 3.63) is 22.7 Å². The number of sulfone groups is 1. The Morgan fingerprint density at radius 1 is 1.25 bits per heavy atom. The number of nitrogens with zero attached hydrogens (tertiary/aromatic N) is 1. The van der Waals surface area contributed by atoms with Gasteiger partial charge in [0.25, 0.3) is 0 Å². The van der Waals surface area contributed by atoms with Gasteiger partial charge in [-0.1, -0.05) is 15.9 Å². The van der Waals surface area contributed by atoms with Crippen LogP contribution in [0.4, 0.5) is 5.69 Å². The molecule has 0 aliphatic carbocycles. The van der Waals surface area contributed by atoms with Crippen molar-refractivity contribution in [1.29, 1.82) is 0 Å². The van der Waals surface area contributed by atoms with Gasteiger partial charge >= 0.3 is 0 Å². The molecule has 1 heterocycles. The van der Waals surface area contributed by atoms with E-state index in [-0.39, 0.29) is 0 Å². The molecule has 0 amide bonds. The van der Waals surface area contributed by atoms with Gasteiger partial charge in [0, 0.05) is 23.8 Å². The summed E-state index contributed by atoms with van der Waals surface area (Å²) in [7, 11) is -3.17. The Labute approximate surface area is 105 Å². The summed E-state index contributed by atoms with van der Waals surface area (Å²) in [5.74, 6) is 0. The lowest BCUT2D eigenvalue weighted by atomic mass is 10.3. The minimum atomic E-state index is -3.17. The van der Waals surface area contributed by atoms with Crippen LogP contribution in [0.3, 0.4) is 0 Å². The number of hydrogen-bond donors (Lipinski definition) is 0. The van der Waals surface area contributed by atoms with Crippen molar-refractivity contribution in [3.63, 3.8) is 0 Å². The third-order valence-electron chi connectivity index (χ3n) is 2.77. The largest absolute Gasteiger partial charge is 0.370 e. The van der Waals surface area contributed by atoms with Crippen molar-refractivity contribution in [2.45, 2.75) is 17.7 Å². The first-order valence-corrected chi connectivity index (χ1v) is 7.91. The summed E-state index contributed by atoms with van der Waals surface area (Å²) in [5, 5.41) is 0. The van der Waals surface area contributed by atoms with Crippen LogP contribution in [0.15, 0.2) is 27.6 Å². The molecule has 16 heavy (non-hydrogen) atoms. The number of hydrogen-bond acceptors (Lipinski definition) is 3. The predicted molar refractivity (Wildman–Crippen MR) is 68.7 cm³/mol. The van der Waals surface area contributed by atoms with Crippen molar-refractivity contribution in [3.8, 4) is 0 Å². The van der Waals surface area contributed by atoms with Gasteiger partial charge in [0.2, 0.25) is 0 Å². The molecule has 2 rings (SSSR count). The highest BCUT2D eigenvalue weighted by molar-refractivity contribution is 9.10. The molecule has 0 aromatic heterocycles. The van der Waals surface area contributed by atoms with Crippen molar-refractivity contribution in [2.75, 3.05) is 24.2 Å². The van der Waals surface area contributed by atoms with Crippen LogP contribution in [0.1, 0.15) is 12.8 Å². The maximum absolute atomic E-state index is 11.7. The second kappa shape index (κ2) is 4.37. The second-order valence-corrected chi connectivity index (χ2v) is 6.98. The molecular formula is C11H14BrNO2S. The zero-order valence-corrected chi connectivity index (χ0v) is 11.5. The highest BCUT2D eigenvalue weighted by Crippen LogP contribution is 2.30. The first kappa shape index (κ1) is 11.9. The SMILES string of the molecule is CS(=O)(=O)c1cc(Br)ccc1N1CCCC1. The van der Waals surface area contributed by atoms with Gasteiger partial charge < -0.3 is 4.90 Å². The maximum Gasteiger partial charge on any atom is 0.177 e. The number of halogens is 1. The van der Waals surface area contributed by atoms with Crippen LogP contribution < -0.4 is 4.90 Å². The molecule has 5 heteroatoms. The summed E-state index contributed by atoms with van der Waals surface area (Å²) >= 11 is 3.31. The van der Waals surface area contributed by atoms with E-state index in [4.69, 9.17) is 0 Å². The molecule has 1 saturated heterocycles. The van der Waals surface area contributed by atoms with Crippen LogP contribution in [0.25, 0.3) is 0 Å².